The van der Waals surface area contributed by atoms with E-state index in [0.717, 1.165) is 5.56 Å². The van der Waals surface area contributed by atoms with Gasteiger partial charge in [-0.2, -0.15) is 0 Å². The van der Waals surface area contributed by atoms with Gasteiger partial charge in [-0.1, -0.05) is 26.8 Å². The van der Waals surface area contributed by atoms with Crippen molar-refractivity contribution in [2.45, 2.75) is 26.2 Å². The standard InChI is InChI=1S/C12H13NO3/c1-12(2,3)7-4-5-9-8(6-7)10(14)16-11(15)13-9/h4-6H,1-3H3,(H,13,15). The van der Waals surface area contributed by atoms with Crippen LogP contribution in [0.1, 0.15) is 26.3 Å². The summed E-state index contributed by atoms with van der Waals surface area (Å²) in [6, 6.07) is 5.39. The second-order valence-electron chi connectivity index (χ2n) is 4.81. The fourth-order valence-electron chi connectivity index (χ4n) is 1.56. The molecule has 0 unspecified atom stereocenters. The molecule has 1 N–H and O–H groups in total. The van der Waals surface area contributed by atoms with Crippen molar-refractivity contribution in [1.29, 1.82) is 0 Å². The summed E-state index contributed by atoms with van der Waals surface area (Å²) in [5.41, 5.74) is 0.898. The van der Waals surface area contributed by atoms with Crippen LogP contribution in [0, 0.1) is 0 Å². The van der Waals surface area contributed by atoms with E-state index in [1.54, 1.807) is 12.1 Å². The van der Waals surface area contributed by atoms with Gasteiger partial charge in [0.05, 0.1) is 10.9 Å². The van der Waals surface area contributed by atoms with Gasteiger partial charge in [0.15, 0.2) is 0 Å². The normalized spacial score (nSPS) is 11.9. The van der Waals surface area contributed by atoms with Crippen molar-refractivity contribution in [3.05, 3.63) is 44.7 Å². The lowest BCUT2D eigenvalue weighted by atomic mass is 9.86. The molecular weight excluding hydrogens is 206 g/mol. The van der Waals surface area contributed by atoms with Crippen LogP contribution in [0.5, 0.6) is 0 Å². The summed E-state index contributed by atoms with van der Waals surface area (Å²) in [4.78, 5) is 24.9. The summed E-state index contributed by atoms with van der Waals surface area (Å²) in [6.07, 6.45) is 0. The zero-order valence-corrected chi connectivity index (χ0v) is 9.46. The Labute approximate surface area is 91.9 Å². The Morgan fingerprint density at radius 3 is 2.50 bits per heavy atom. The molecule has 0 atom stereocenters. The largest absolute Gasteiger partial charge is 0.419 e. The first-order valence-electron chi connectivity index (χ1n) is 5.05. The van der Waals surface area contributed by atoms with Gasteiger partial charge in [0, 0.05) is 0 Å². The van der Waals surface area contributed by atoms with Crippen molar-refractivity contribution in [2.75, 3.05) is 0 Å². The Morgan fingerprint density at radius 2 is 1.88 bits per heavy atom. The SMILES string of the molecule is CC(C)(C)c1ccc2[nH]c(=O)oc(=O)c2c1. The van der Waals surface area contributed by atoms with Crippen molar-refractivity contribution in [1.82, 2.24) is 4.98 Å². The molecule has 0 amide bonds. The van der Waals surface area contributed by atoms with Gasteiger partial charge in [-0.05, 0) is 23.1 Å². The second-order valence-corrected chi connectivity index (χ2v) is 4.81. The van der Waals surface area contributed by atoms with Crippen LogP contribution in [-0.4, -0.2) is 4.98 Å². The lowest BCUT2D eigenvalue weighted by Gasteiger charge is -2.18. The van der Waals surface area contributed by atoms with Gasteiger partial charge in [-0.15, -0.1) is 0 Å². The number of benzene rings is 1. The van der Waals surface area contributed by atoms with E-state index in [9.17, 15) is 9.59 Å². The highest BCUT2D eigenvalue weighted by Gasteiger charge is 2.15. The third-order valence-electron chi connectivity index (χ3n) is 2.53. The second kappa shape index (κ2) is 3.33. The summed E-state index contributed by atoms with van der Waals surface area (Å²) in [6.45, 7) is 6.17. The summed E-state index contributed by atoms with van der Waals surface area (Å²) >= 11 is 0. The highest BCUT2D eigenvalue weighted by atomic mass is 16.4. The number of fused-ring (bicyclic) bond motifs is 1. The van der Waals surface area contributed by atoms with Gasteiger partial charge in [0.2, 0.25) is 0 Å². The monoisotopic (exact) mass is 219 g/mol. The molecule has 0 aliphatic carbocycles. The molecule has 84 valence electrons. The van der Waals surface area contributed by atoms with Crippen molar-refractivity contribution in [2.24, 2.45) is 0 Å². The molecule has 0 fully saturated rings. The van der Waals surface area contributed by atoms with E-state index < -0.39 is 11.4 Å². The van der Waals surface area contributed by atoms with E-state index in [1.807, 2.05) is 6.07 Å². The minimum absolute atomic E-state index is 0.0449. The highest BCUT2D eigenvalue weighted by molar-refractivity contribution is 5.77. The van der Waals surface area contributed by atoms with Gasteiger partial charge in [0.25, 0.3) is 0 Å². The van der Waals surface area contributed by atoms with Crippen LogP contribution in [0.15, 0.2) is 32.2 Å². The van der Waals surface area contributed by atoms with Crippen LogP contribution in [0.2, 0.25) is 0 Å². The predicted molar refractivity (Wildman–Crippen MR) is 61.8 cm³/mol. The number of nitrogens with one attached hydrogen (secondary N) is 1. The minimum Gasteiger partial charge on any atom is -0.372 e. The van der Waals surface area contributed by atoms with E-state index in [0.29, 0.717) is 10.9 Å². The molecule has 0 radical (unpaired) electrons. The van der Waals surface area contributed by atoms with E-state index in [4.69, 9.17) is 0 Å². The number of H-pyrrole nitrogens is 1. The molecule has 4 heteroatoms. The molecular formula is C12H13NO3. The summed E-state index contributed by atoms with van der Waals surface area (Å²) in [7, 11) is 0. The predicted octanol–water partition coefficient (Wildman–Crippen LogP) is 1.78. The smallest absolute Gasteiger partial charge is 0.372 e. The molecule has 16 heavy (non-hydrogen) atoms. The summed E-state index contributed by atoms with van der Waals surface area (Å²) in [5.74, 6) is -0.721. The average molecular weight is 219 g/mol. The Kier molecular flexibility index (Phi) is 2.22. The third-order valence-corrected chi connectivity index (χ3v) is 2.53. The molecule has 1 aromatic carbocycles. The third kappa shape index (κ3) is 1.78. The number of hydrogen-bond donors (Lipinski definition) is 1. The Balaban J connectivity index is 2.82. The van der Waals surface area contributed by atoms with Gasteiger partial charge in [-0.3, -0.25) is 4.98 Å². The quantitative estimate of drug-likeness (QED) is 0.734. The zero-order chi connectivity index (χ0) is 11.9. The molecule has 4 nitrogen and oxygen atoms in total. The van der Waals surface area contributed by atoms with Gasteiger partial charge in [0.1, 0.15) is 0 Å². The van der Waals surface area contributed by atoms with E-state index in [2.05, 4.69) is 30.2 Å². The number of aromatic nitrogens is 1. The van der Waals surface area contributed by atoms with E-state index in [1.165, 1.54) is 0 Å². The molecule has 0 spiro atoms. The molecule has 1 heterocycles. The van der Waals surface area contributed by atoms with Gasteiger partial charge >= 0.3 is 11.4 Å². The van der Waals surface area contributed by atoms with Crippen molar-refractivity contribution >= 4 is 10.9 Å². The molecule has 0 aliphatic heterocycles. The zero-order valence-electron chi connectivity index (χ0n) is 9.46. The van der Waals surface area contributed by atoms with Crippen molar-refractivity contribution < 1.29 is 4.42 Å². The first-order valence-corrected chi connectivity index (χ1v) is 5.05. The van der Waals surface area contributed by atoms with Crippen molar-refractivity contribution in [3.8, 4) is 0 Å². The fourth-order valence-corrected chi connectivity index (χ4v) is 1.56. The van der Waals surface area contributed by atoms with Crippen LogP contribution in [0.25, 0.3) is 10.9 Å². The first kappa shape index (κ1) is 10.7. The van der Waals surface area contributed by atoms with Crippen LogP contribution in [0.4, 0.5) is 0 Å². The Morgan fingerprint density at radius 1 is 1.19 bits per heavy atom. The molecule has 0 saturated carbocycles. The topological polar surface area (TPSA) is 63.1 Å². The number of hydrogen-bond acceptors (Lipinski definition) is 3. The van der Waals surface area contributed by atoms with Crippen LogP contribution >= 0.6 is 0 Å². The maximum absolute atomic E-state index is 11.5. The maximum Gasteiger partial charge on any atom is 0.419 e. The maximum atomic E-state index is 11.5. The van der Waals surface area contributed by atoms with Crippen LogP contribution in [0.3, 0.4) is 0 Å². The minimum atomic E-state index is -0.721. The molecule has 1 aromatic heterocycles. The molecule has 0 bridgehead atoms. The molecule has 0 aliphatic rings. The van der Waals surface area contributed by atoms with Gasteiger partial charge in [-0.25, -0.2) is 9.59 Å². The fraction of sp³-hybridized carbons (Fsp3) is 0.333. The summed E-state index contributed by atoms with van der Waals surface area (Å²) < 4.78 is 4.49. The summed E-state index contributed by atoms with van der Waals surface area (Å²) in [5, 5.41) is 0.409. The number of aromatic amines is 1. The molecule has 0 saturated heterocycles. The van der Waals surface area contributed by atoms with Crippen LogP contribution in [-0.2, 0) is 5.41 Å². The lowest BCUT2D eigenvalue weighted by molar-refractivity contribution is 0.460. The van der Waals surface area contributed by atoms with E-state index >= 15 is 0 Å². The Bertz CT molecular complexity index is 644. The Hall–Kier alpha value is -1.84. The van der Waals surface area contributed by atoms with Crippen molar-refractivity contribution in [3.63, 3.8) is 0 Å². The van der Waals surface area contributed by atoms with E-state index in [-0.39, 0.29) is 5.41 Å². The van der Waals surface area contributed by atoms with Crippen LogP contribution < -0.4 is 11.4 Å². The first-order chi connectivity index (χ1) is 7.38. The highest BCUT2D eigenvalue weighted by Crippen LogP contribution is 2.23. The lowest BCUT2D eigenvalue weighted by Crippen LogP contribution is -2.16. The number of rotatable bonds is 0. The van der Waals surface area contributed by atoms with Gasteiger partial charge < -0.3 is 4.42 Å². The molecule has 2 aromatic rings. The molecule has 2 rings (SSSR count). The average Bonchev–Trinajstić information content (AvgIpc) is 2.15.